The lowest BCUT2D eigenvalue weighted by atomic mass is 10.1. The Morgan fingerprint density at radius 3 is 2.43 bits per heavy atom. The van der Waals surface area contributed by atoms with Crippen molar-refractivity contribution in [3.05, 3.63) is 12.2 Å². The van der Waals surface area contributed by atoms with Crippen molar-refractivity contribution in [3.8, 4) is 0 Å². The summed E-state index contributed by atoms with van der Waals surface area (Å²) in [4.78, 5) is 4.08. The van der Waals surface area contributed by atoms with Gasteiger partial charge in [0, 0.05) is 6.21 Å². The van der Waals surface area contributed by atoms with Crippen molar-refractivity contribution in [3.63, 3.8) is 0 Å². The summed E-state index contributed by atoms with van der Waals surface area (Å²) in [6.45, 7) is 4.09. The third kappa shape index (κ3) is 0.889. The number of allylic oxidation sites excluding steroid dienone is 1. The number of rotatable bonds is 0. The van der Waals surface area contributed by atoms with Gasteiger partial charge in [-0.2, -0.15) is 0 Å². The molecule has 0 N–H and O–H groups in total. The molecule has 0 spiro atoms. The van der Waals surface area contributed by atoms with Crippen LogP contribution in [0.25, 0.3) is 0 Å². The molecular formula is C6H8N. The Balaban J connectivity index is 2.77. The highest BCUT2D eigenvalue weighted by Crippen LogP contribution is 2.12. The van der Waals surface area contributed by atoms with Crippen LogP contribution in [0.4, 0.5) is 0 Å². The molecule has 1 rings (SSSR count). The first-order valence-electron chi connectivity index (χ1n) is 2.35. The number of hydrogen-bond acceptors (Lipinski definition) is 1. The molecular weight excluding hydrogens is 86.1 g/mol. The van der Waals surface area contributed by atoms with Crippen LogP contribution in [-0.2, 0) is 0 Å². The fraction of sp³-hybridized carbons (Fsp3) is 0.500. The lowest BCUT2D eigenvalue weighted by Crippen LogP contribution is -2.07. The maximum atomic E-state index is 4.08. The molecule has 7 heavy (non-hydrogen) atoms. The van der Waals surface area contributed by atoms with E-state index in [0.717, 1.165) is 0 Å². The second-order valence-corrected chi connectivity index (χ2v) is 2.22. The van der Waals surface area contributed by atoms with E-state index in [4.69, 9.17) is 0 Å². The van der Waals surface area contributed by atoms with Crippen LogP contribution in [0.3, 0.4) is 0 Å². The van der Waals surface area contributed by atoms with Crippen LogP contribution in [-0.4, -0.2) is 11.8 Å². The molecule has 0 aromatic rings. The van der Waals surface area contributed by atoms with E-state index in [-0.39, 0.29) is 5.54 Å². The second kappa shape index (κ2) is 1.19. The molecule has 0 fully saturated rings. The van der Waals surface area contributed by atoms with Gasteiger partial charge in [-0.25, -0.2) is 0 Å². The molecule has 0 unspecified atom stereocenters. The van der Waals surface area contributed by atoms with Crippen LogP contribution in [0.2, 0.25) is 0 Å². The highest BCUT2D eigenvalue weighted by atomic mass is 14.8. The molecule has 0 aromatic carbocycles. The number of hydrogen-bond donors (Lipinski definition) is 0. The van der Waals surface area contributed by atoms with Gasteiger partial charge in [-0.15, -0.1) is 0 Å². The first-order chi connectivity index (χ1) is 3.21. The molecule has 0 aromatic heterocycles. The molecule has 0 amide bonds. The third-order valence-electron chi connectivity index (χ3n) is 0.908. The SMILES string of the molecule is CC1(C)C=[C]C=N1. The fourth-order valence-corrected chi connectivity index (χ4v) is 0.482. The second-order valence-electron chi connectivity index (χ2n) is 2.22. The van der Waals surface area contributed by atoms with Gasteiger partial charge in [-0.3, -0.25) is 4.99 Å². The standard InChI is InChI=1S/C6H8N/c1-6(2)4-3-5-7-6/h4-5H,1-2H3. The van der Waals surface area contributed by atoms with Crippen LogP contribution >= 0.6 is 0 Å². The highest BCUT2D eigenvalue weighted by Gasteiger charge is 2.11. The quantitative estimate of drug-likeness (QED) is 0.428. The van der Waals surface area contributed by atoms with Gasteiger partial charge in [-0.05, 0) is 26.0 Å². The van der Waals surface area contributed by atoms with E-state index in [1.165, 1.54) is 0 Å². The molecule has 1 aliphatic rings. The average Bonchev–Trinajstić information content (AvgIpc) is 1.84. The van der Waals surface area contributed by atoms with Crippen LogP contribution < -0.4 is 0 Å². The minimum absolute atomic E-state index is 0.0278. The highest BCUT2D eigenvalue weighted by molar-refractivity contribution is 5.70. The first kappa shape index (κ1) is 4.57. The van der Waals surface area contributed by atoms with Crippen LogP contribution in [0.5, 0.6) is 0 Å². The van der Waals surface area contributed by atoms with E-state index >= 15 is 0 Å². The third-order valence-corrected chi connectivity index (χ3v) is 0.908. The summed E-state index contributed by atoms with van der Waals surface area (Å²) in [6, 6.07) is 0. The van der Waals surface area contributed by atoms with Gasteiger partial charge in [-0.1, -0.05) is 0 Å². The molecule has 0 aliphatic carbocycles. The Kier molecular flexibility index (Phi) is 0.775. The molecule has 0 atom stereocenters. The van der Waals surface area contributed by atoms with Gasteiger partial charge in [0.25, 0.3) is 0 Å². The Bertz CT molecular complexity index is 106. The number of nitrogens with zero attached hydrogens (tertiary/aromatic N) is 1. The molecule has 1 aliphatic heterocycles. The average molecular weight is 94.1 g/mol. The molecule has 1 heteroatoms. The summed E-state index contributed by atoms with van der Waals surface area (Å²) in [5, 5.41) is 0. The van der Waals surface area contributed by atoms with E-state index < -0.39 is 0 Å². The maximum Gasteiger partial charge on any atom is 0.0741 e. The van der Waals surface area contributed by atoms with Gasteiger partial charge < -0.3 is 0 Å². The van der Waals surface area contributed by atoms with Gasteiger partial charge in [0.2, 0.25) is 0 Å². The smallest absolute Gasteiger partial charge is 0.0741 e. The van der Waals surface area contributed by atoms with Gasteiger partial charge in [0.15, 0.2) is 0 Å². The van der Waals surface area contributed by atoms with Crippen LogP contribution in [0.1, 0.15) is 13.8 Å². The predicted molar refractivity (Wildman–Crippen MR) is 30.4 cm³/mol. The molecule has 1 heterocycles. The van der Waals surface area contributed by atoms with Crippen molar-refractivity contribution in [1.82, 2.24) is 0 Å². The van der Waals surface area contributed by atoms with Crippen molar-refractivity contribution < 1.29 is 0 Å². The summed E-state index contributed by atoms with van der Waals surface area (Å²) >= 11 is 0. The van der Waals surface area contributed by atoms with Crippen molar-refractivity contribution in [2.75, 3.05) is 0 Å². The van der Waals surface area contributed by atoms with Crippen molar-refractivity contribution in [2.24, 2.45) is 4.99 Å². The van der Waals surface area contributed by atoms with E-state index in [1.807, 2.05) is 19.9 Å². The number of aliphatic imine (C=N–C) groups is 1. The zero-order valence-electron chi connectivity index (χ0n) is 4.60. The molecule has 0 bridgehead atoms. The summed E-state index contributed by atoms with van der Waals surface area (Å²) < 4.78 is 0. The summed E-state index contributed by atoms with van der Waals surface area (Å²) in [6.07, 6.45) is 6.56. The van der Waals surface area contributed by atoms with Crippen molar-refractivity contribution in [1.29, 1.82) is 0 Å². The molecule has 1 nitrogen and oxygen atoms in total. The topological polar surface area (TPSA) is 12.4 Å². The lowest BCUT2D eigenvalue weighted by Gasteiger charge is -2.07. The lowest BCUT2D eigenvalue weighted by molar-refractivity contribution is 0.671. The summed E-state index contributed by atoms with van der Waals surface area (Å²) in [5.41, 5.74) is 0.0278. The van der Waals surface area contributed by atoms with Gasteiger partial charge in [0.1, 0.15) is 0 Å². The van der Waals surface area contributed by atoms with E-state index in [2.05, 4.69) is 11.1 Å². The van der Waals surface area contributed by atoms with E-state index in [9.17, 15) is 0 Å². The molecule has 0 saturated carbocycles. The Labute approximate surface area is 43.8 Å². The zero-order chi connectivity index (χ0) is 5.33. The molecule has 37 valence electrons. The Morgan fingerprint density at radius 1 is 1.57 bits per heavy atom. The molecule has 0 saturated heterocycles. The summed E-state index contributed by atoms with van der Waals surface area (Å²) in [5.74, 6) is 0. The maximum absolute atomic E-state index is 4.08. The Hall–Kier alpha value is -0.590. The van der Waals surface area contributed by atoms with Crippen LogP contribution in [0.15, 0.2) is 11.1 Å². The van der Waals surface area contributed by atoms with Crippen molar-refractivity contribution in [2.45, 2.75) is 19.4 Å². The zero-order valence-corrected chi connectivity index (χ0v) is 4.60. The van der Waals surface area contributed by atoms with Gasteiger partial charge in [0.05, 0.1) is 5.54 Å². The normalized spacial score (nSPS) is 23.7. The van der Waals surface area contributed by atoms with E-state index in [1.54, 1.807) is 6.21 Å². The monoisotopic (exact) mass is 94.1 g/mol. The minimum atomic E-state index is 0.0278. The predicted octanol–water partition coefficient (Wildman–Crippen LogP) is 1.21. The fourth-order valence-electron chi connectivity index (χ4n) is 0.482. The minimum Gasteiger partial charge on any atom is -0.282 e. The van der Waals surface area contributed by atoms with Crippen molar-refractivity contribution >= 4 is 6.21 Å². The van der Waals surface area contributed by atoms with Crippen LogP contribution in [0, 0.1) is 6.08 Å². The Morgan fingerprint density at radius 2 is 2.29 bits per heavy atom. The van der Waals surface area contributed by atoms with E-state index in [0.29, 0.717) is 0 Å². The first-order valence-corrected chi connectivity index (χ1v) is 2.35. The summed E-state index contributed by atoms with van der Waals surface area (Å²) in [7, 11) is 0. The largest absolute Gasteiger partial charge is 0.282 e. The molecule has 1 radical (unpaired) electrons. The van der Waals surface area contributed by atoms with Gasteiger partial charge >= 0.3 is 0 Å².